The molecule has 4 rings (SSSR count). The number of benzene rings is 1. The Morgan fingerprint density at radius 2 is 1.84 bits per heavy atom. The smallest absolute Gasteiger partial charge is 0.260 e. The van der Waals surface area contributed by atoms with Gasteiger partial charge in [-0.25, -0.2) is 9.37 Å². The van der Waals surface area contributed by atoms with Gasteiger partial charge in [0.25, 0.3) is 5.56 Å². The Bertz CT molecular complexity index is 1150. The minimum atomic E-state index is -0.304. The van der Waals surface area contributed by atoms with Crippen molar-refractivity contribution in [3.05, 3.63) is 69.3 Å². The molecule has 1 N–H and O–H groups in total. The summed E-state index contributed by atoms with van der Waals surface area (Å²) in [7, 11) is 0. The average Bonchev–Trinajstić information content (AvgIpc) is 2.92. The summed E-state index contributed by atoms with van der Waals surface area (Å²) < 4.78 is 13.2. The van der Waals surface area contributed by atoms with Gasteiger partial charge in [-0.05, 0) is 43.2 Å². The molecule has 0 bridgehead atoms. The highest BCUT2D eigenvalue weighted by Crippen LogP contribution is 2.36. The van der Waals surface area contributed by atoms with E-state index in [1.54, 1.807) is 24.5 Å². The summed E-state index contributed by atoms with van der Waals surface area (Å²) in [6.07, 6.45) is 3.43. The van der Waals surface area contributed by atoms with Crippen molar-refractivity contribution in [1.82, 2.24) is 15.0 Å². The zero-order valence-electron chi connectivity index (χ0n) is 13.6. The van der Waals surface area contributed by atoms with Crippen LogP contribution in [0.1, 0.15) is 10.4 Å². The number of aromatic nitrogens is 3. The first-order valence-electron chi connectivity index (χ1n) is 7.74. The number of aryl methyl sites for hydroxylation is 2. The van der Waals surface area contributed by atoms with E-state index in [0.29, 0.717) is 16.0 Å². The van der Waals surface area contributed by atoms with Crippen LogP contribution < -0.4 is 5.56 Å². The highest BCUT2D eigenvalue weighted by Gasteiger charge is 2.17. The molecule has 4 aromatic rings. The summed E-state index contributed by atoms with van der Waals surface area (Å²) in [6.45, 7) is 3.88. The van der Waals surface area contributed by atoms with Crippen LogP contribution in [0.15, 0.2) is 47.5 Å². The van der Waals surface area contributed by atoms with Gasteiger partial charge in [0.15, 0.2) is 0 Å². The lowest BCUT2D eigenvalue weighted by atomic mass is 10.0. The Labute approximate surface area is 147 Å². The van der Waals surface area contributed by atoms with Gasteiger partial charge in [-0.2, -0.15) is 0 Å². The van der Waals surface area contributed by atoms with Crippen LogP contribution in [-0.2, 0) is 0 Å². The number of hydrogen-bond acceptors (Lipinski definition) is 4. The van der Waals surface area contributed by atoms with Crippen molar-refractivity contribution < 1.29 is 4.39 Å². The molecule has 6 heteroatoms. The van der Waals surface area contributed by atoms with Crippen LogP contribution in [0.25, 0.3) is 32.7 Å². The second kappa shape index (κ2) is 5.89. The Morgan fingerprint density at radius 1 is 1.08 bits per heavy atom. The highest BCUT2D eigenvalue weighted by atomic mass is 32.1. The van der Waals surface area contributed by atoms with Gasteiger partial charge >= 0.3 is 0 Å². The lowest BCUT2D eigenvalue weighted by Crippen LogP contribution is -2.09. The standard InChI is InChI=1S/C19H14FN3OS/c1-10-7-13(9-21-8-10)17-22-18(24)16-15(11(2)25-19(16)23-17)12-3-5-14(20)6-4-12/h3-9H,1-2H3,(H,22,23,24). The van der Waals surface area contributed by atoms with Crippen molar-refractivity contribution in [3.63, 3.8) is 0 Å². The normalized spacial score (nSPS) is 11.2. The maximum Gasteiger partial charge on any atom is 0.260 e. The number of pyridine rings is 1. The maximum atomic E-state index is 13.2. The summed E-state index contributed by atoms with van der Waals surface area (Å²) in [4.78, 5) is 26.0. The summed E-state index contributed by atoms with van der Waals surface area (Å²) in [6, 6.07) is 8.08. The summed E-state index contributed by atoms with van der Waals surface area (Å²) in [5.74, 6) is 0.197. The van der Waals surface area contributed by atoms with Crippen molar-refractivity contribution in [2.24, 2.45) is 0 Å². The van der Waals surface area contributed by atoms with Crippen molar-refractivity contribution in [1.29, 1.82) is 0 Å². The third kappa shape index (κ3) is 2.74. The summed E-state index contributed by atoms with van der Waals surface area (Å²) >= 11 is 1.46. The van der Waals surface area contributed by atoms with Gasteiger partial charge in [0, 0.05) is 28.4 Å². The molecule has 0 aliphatic rings. The molecule has 3 heterocycles. The minimum Gasteiger partial charge on any atom is -0.306 e. The lowest BCUT2D eigenvalue weighted by Gasteiger charge is -2.04. The zero-order chi connectivity index (χ0) is 17.6. The fourth-order valence-electron chi connectivity index (χ4n) is 2.90. The third-order valence-corrected chi connectivity index (χ3v) is 5.02. The second-order valence-electron chi connectivity index (χ2n) is 5.89. The topological polar surface area (TPSA) is 58.6 Å². The number of fused-ring (bicyclic) bond motifs is 1. The molecule has 0 saturated carbocycles. The Morgan fingerprint density at radius 3 is 2.56 bits per heavy atom. The van der Waals surface area contributed by atoms with Crippen LogP contribution in [0.2, 0.25) is 0 Å². The average molecular weight is 351 g/mol. The molecule has 0 atom stereocenters. The molecule has 0 fully saturated rings. The Kier molecular flexibility index (Phi) is 3.69. The lowest BCUT2D eigenvalue weighted by molar-refractivity contribution is 0.628. The number of nitrogens with zero attached hydrogens (tertiary/aromatic N) is 2. The van der Waals surface area contributed by atoms with Gasteiger partial charge in [0.2, 0.25) is 0 Å². The number of hydrogen-bond donors (Lipinski definition) is 1. The number of halogens is 1. The number of nitrogens with one attached hydrogen (secondary N) is 1. The van der Waals surface area contributed by atoms with Crippen molar-refractivity contribution in [2.45, 2.75) is 13.8 Å². The largest absolute Gasteiger partial charge is 0.306 e. The summed E-state index contributed by atoms with van der Waals surface area (Å²) in [5, 5.41) is 0.540. The highest BCUT2D eigenvalue weighted by molar-refractivity contribution is 7.19. The predicted molar refractivity (Wildman–Crippen MR) is 98.3 cm³/mol. The van der Waals surface area contributed by atoms with Crippen molar-refractivity contribution in [3.8, 4) is 22.5 Å². The van der Waals surface area contributed by atoms with Crippen LogP contribution >= 0.6 is 11.3 Å². The third-order valence-electron chi connectivity index (χ3n) is 4.02. The molecule has 0 aliphatic heterocycles. The molecular formula is C19H14FN3OS. The van der Waals surface area contributed by atoms with E-state index in [4.69, 9.17) is 0 Å². The SMILES string of the molecule is Cc1cncc(-c2nc3sc(C)c(-c4ccc(F)cc4)c3c(=O)[nH]2)c1. The number of H-pyrrole nitrogens is 1. The first-order valence-corrected chi connectivity index (χ1v) is 8.56. The van der Waals surface area contributed by atoms with Crippen molar-refractivity contribution >= 4 is 21.6 Å². The first kappa shape index (κ1) is 15.7. The molecule has 0 amide bonds. The van der Waals surface area contributed by atoms with Crippen LogP contribution in [0.3, 0.4) is 0 Å². The van der Waals surface area contributed by atoms with Crippen LogP contribution in [0.4, 0.5) is 4.39 Å². The van der Waals surface area contributed by atoms with E-state index in [1.807, 2.05) is 19.9 Å². The van der Waals surface area contributed by atoms with E-state index in [2.05, 4.69) is 15.0 Å². The molecule has 0 radical (unpaired) electrons. The van der Waals surface area contributed by atoms with E-state index >= 15 is 0 Å². The summed E-state index contributed by atoms with van der Waals surface area (Å²) in [5.41, 5.74) is 3.18. The maximum absolute atomic E-state index is 13.2. The van der Waals surface area contributed by atoms with Crippen LogP contribution in [-0.4, -0.2) is 15.0 Å². The number of thiophene rings is 1. The van der Waals surface area contributed by atoms with E-state index in [9.17, 15) is 9.18 Å². The molecule has 25 heavy (non-hydrogen) atoms. The monoisotopic (exact) mass is 351 g/mol. The van der Waals surface area contributed by atoms with Gasteiger partial charge in [0.05, 0.1) is 5.39 Å². The van der Waals surface area contributed by atoms with E-state index in [0.717, 1.165) is 27.1 Å². The van der Waals surface area contributed by atoms with Gasteiger partial charge in [-0.3, -0.25) is 9.78 Å². The fourth-order valence-corrected chi connectivity index (χ4v) is 3.95. The number of rotatable bonds is 2. The van der Waals surface area contributed by atoms with Gasteiger partial charge < -0.3 is 4.98 Å². The molecule has 0 aliphatic carbocycles. The molecule has 0 saturated heterocycles. The molecule has 4 nitrogen and oxygen atoms in total. The predicted octanol–water partition coefficient (Wildman–Crippen LogP) is 4.47. The van der Waals surface area contributed by atoms with E-state index in [1.165, 1.54) is 23.5 Å². The van der Waals surface area contributed by atoms with E-state index in [-0.39, 0.29) is 11.4 Å². The molecule has 124 valence electrons. The van der Waals surface area contributed by atoms with Gasteiger partial charge in [-0.1, -0.05) is 12.1 Å². The fraction of sp³-hybridized carbons (Fsp3) is 0.105. The van der Waals surface area contributed by atoms with E-state index < -0.39 is 0 Å². The number of aromatic amines is 1. The Balaban J connectivity index is 1.95. The minimum absolute atomic E-state index is 0.204. The quantitative estimate of drug-likeness (QED) is 0.580. The van der Waals surface area contributed by atoms with Gasteiger partial charge in [-0.15, -0.1) is 11.3 Å². The molecule has 0 spiro atoms. The van der Waals surface area contributed by atoms with Gasteiger partial charge in [0.1, 0.15) is 16.5 Å². The zero-order valence-corrected chi connectivity index (χ0v) is 14.4. The second-order valence-corrected chi connectivity index (χ2v) is 7.09. The molecular weight excluding hydrogens is 337 g/mol. The Hall–Kier alpha value is -2.86. The first-order chi connectivity index (χ1) is 12.0. The molecule has 3 aromatic heterocycles. The van der Waals surface area contributed by atoms with Crippen LogP contribution in [0, 0.1) is 19.7 Å². The van der Waals surface area contributed by atoms with Crippen LogP contribution in [0.5, 0.6) is 0 Å². The molecule has 0 unspecified atom stereocenters. The molecule has 1 aromatic carbocycles. The van der Waals surface area contributed by atoms with Crippen molar-refractivity contribution in [2.75, 3.05) is 0 Å².